The fourth-order valence-corrected chi connectivity index (χ4v) is 3.17. The van der Waals surface area contributed by atoms with Gasteiger partial charge in [0.2, 0.25) is 11.9 Å². The van der Waals surface area contributed by atoms with Gasteiger partial charge in [0.1, 0.15) is 0 Å². The second kappa shape index (κ2) is 8.01. The Morgan fingerprint density at radius 2 is 1.42 bits per heavy atom. The Kier molecular flexibility index (Phi) is 5.52. The van der Waals surface area contributed by atoms with Crippen LogP contribution in [0, 0.1) is 0 Å². The zero-order chi connectivity index (χ0) is 18.4. The van der Waals surface area contributed by atoms with Crippen molar-refractivity contribution in [2.24, 2.45) is 0 Å². The van der Waals surface area contributed by atoms with E-state index < -0.39 is 10.0 Å². The first-order chi connectivity index (χ1) is 12.6. The summed E-state index contributed by atoms with van der Waals surface area (Å²) in [6.07, 6.45) is 0. The molecule has 0 aliphatic carbocycles. The lowest BCUT2D eigenvalue weighted by molar-refractivity contribution is 0.582. The molecule has 0 saturated carbocycles. The molecule has 2 N–H and O–H groups in total. The molecule has 0 bridgehead atoms. The summed E-state index contributed by atoms with van der Waals surface area (Å²) in [6, 6.07) is 19.5. The number of nitrogens with zero attached hydrogens (tertiary/aromatic N) is 3. The van der Waals surface area contributed by atoms with Crippen LogP contribution in [0.2, 0.25) is 0 Å². The smallest absolute Gasteiger partial charge is 0.256 e. The number of hydrogen-bond donors (Lipinski definition) is 2. The molecule has 136 valence electrons. The van der Waals surface area contributed by atoms with Crippen molar-refractivity contribution in [3.8, 4) is 0 Å². The number of benzene rings is 2. The fraction of sp³-hybridized carbons (Fsp3) is 0.222. The quantitative estimate of drug-likeness (QED) is 0.633. The molecule has 0 amide bonds. The van der Waals surface area contributed by atoms with Gasteiger partial charge in [-0.2, -0.15) is 4.98 Å². The van der Waals surface area contributed by atoms with Crippen LogP contribution in [0.1, 0.15) is 18.1 Å². The maximum atomic E-state index is 12.3. The van der Waals surface area contributed by atoms with Crippen LogP contribution in [0.5, 0.6) is 0 Å². The van der Waals surface area contributed by atoms with Crippen molar-refractivity contribution >= 4 is 21.9 Å². The molecular formula is C18H21N5O2S. The maximum Gasteiger partial charge on any atom is 0.256 e. The van der Waals surface area contributed by atoms with Crippen molar-refractivity contribution in [2.75, 3.05) is 16.4 Å². The molecule has 0 aliphatic rings. The summed E-state index contributed by atoms with van der Waals surface area (Å²) in [4.78, 5) is 4.31. The molecule has 0 fully saturated rings. The average Bonchev–Trinajstić information content (AvgIpc) is 3.10. The highest BCUT2D eigenvalue weighted by Crippen LogP contribution is 2.15. The summed E-state index contributed by atoms with van der Waals surface area (Å²) in [5, 5.41) is 10.3. The fourth-order valence-electron chi connectivity index (χ4n) is 2.35. The third-order valence-corrected chi connectivity index (χ3v) is 5.30. The largest absolute Gasteiger partial charge is 0.349 e. The molecule has 0 radical (unpaired) electrons. The molecular weight excluding hydrogens is 350 g/mol. The highest BCUT2D eigenvalue weighted by molar-refractivity contribution is 7.89. The average molecular weight is 371 g/mol. The normalized spacial score (nSPS) is 11.3. The first-order valence-electron chi connectivity index (χ1n) is 8.34. The van der Waals surface area contributed by atoms with Gasteiger partial charge in [0, 0.05) is 13.1 Å². The van der Waals surface area contributed by atoms with Crippen LogP contribution in [0.4, 0.5) is 11.9 Å². The summed E-state index contributed by atoms with van der Waals surface area (Å²) >= 11 is 0. The van der Waals surface area contributed by atoms with E-state index in [4.69, 9.17) is 0 Å². The van der Waals surface area contributed by atoms with E-state index in [2.05, 4.69) is 20.7 Å². The predicted octanol–water partition coefficient (Wildman–Crippen LogP) is 2.70. The van der Waals surface area contributed by atoms with Crippen molar-refractivity contribution < 1.29 is 8.42 Å². The van der Waals surface area contributed by atoms with E-state index in [1.165, 1.54) is 0 Å². The monoisotopic (exact) mass is 371 g/mol. The molecule has 7 nitrogen and oxygen atoms in total. The van der Waals surface area contributed by atoms with Crippen molar-refractivity contribution in [1.29, 1.82) is 0 Å². The number of nitrogens with one attached hydrogen (secondary N) is 2. The molecule has 0 atom stereocenters. The van der Waals surface area contributed by atoms with Crippen LogP contribution in [-0.2, 0) is 23.1 Å². The van der Waals surface area contributed by atoms with Gasteiger partial charge < -0.3 is 10.6 Å². The summed E-state index contributed by atoms with van der Waals surface area (Å²) in [5.41, 5.74) is 2.08. The maximum absolute atomic E-state index is 12.3. The molecule has 26 heavy (non-hydrogen) atoms. The first kappa shape index (κ1) is 17.9. The van der Waals surface area contributed by atoms with Gasteiger partial charge in [-0.05, 0) is 18.1 Å². The van der Waals surface area contributed by atoms with E-state index in [1.807, 2.05) is 60.7 Å². The van der Waals surface area contributed by atoms with Crippen molar-refractivity contribution in [3.05, 3.63) is 71.8 Å². The van der Waals surface area contributed by atoms with Gasteiger partial charge in [0.05, 0.1) is 5.75 Å². The van der Waals surface area contributed by atoms with Gasteiger partial charge in [-0.15, -0.1) is 9.19 Å². The van der Waals surface area contributed by atoms with E-state index in [1.54, 1.807) is 6.92 Å². The lowest BCUT2D eigenvalue weighted by Crippen LogP contribution is -2.19. The topological polar surface area (TPSA) is 88.9 Å². The van der Waals surface area contributed by atoms with Crippen LogP contribution >= 0.6 is 0 Å². The van der Waals surface area contributed by atoms with Crippen LogP contribution in [0.3, 0.4) is 0 Å². The highest BCUT2D eigenvalue weighted by Gasteiger charge is 2.20. The number of anilines is 2. The van der Waals surface area contributed by atoms with Crippen LogP contribution < -0.4 is 10.6 Å². The standard InChI is InChI=1S/C18H21N5O2S/c1-2-26(24,25)23-18(20-14-16-11-7-4-8-12-16)21-17(22-23)19-13-15-9-5-3-6-10-15/h3-12H,2,13-14H2,1H3,(H2,19,20,21,22). The van der Waals surface area contributed by atoms with E-state index in [9.17, 15) is 8.42 Å². The molecule has 1 heterocycles. The van der Waals surface area contributed by atoms with E-state index >= 15 is 0 Å². The van der Waals surface area contributed by atoms with Crippen LogP contribution in [0.25, 0.3) is 0 Å². The molecule has 8 heteroatoms. The van der Waals surface area contributed by atoms with Gasteiger partial charge in [-0.25, -0.2) is 8.42 Å². The SMILES string of the molecule is CCS(=O)(=O)n1nc(NCc2ccccc2)nc1NCc1ccccc1. The zero-order valence-electron chi connectivity index (χ0n) is 14.5. The zero-order valence-corrected chi connectivity index (χ0v) is 15.3. The van der Waals surface area contributed by atoms with Crippen molar-refractivity contribution in [1.82, 2.24) is 14.2 Å². The molecule has 0 saturated heterocycles. The summed E-state index contributed by atoms with van der Waals surface area (Å²) in [6.45, 7) is 2.54. The van der Waals surface area contributed by atoms with E-state index in [0.29, 0.717) is 13.1 Å². The Balaban J connectivity index is 1.78. The molecule has 1 aromatic heterocycles. The Labute approximate surface area is 153 Å². The Hall–Kier alpha value is -2.87. The third-order valence-electron chi connectivity index (χ3n) is 3.79. The minimum absolute atomic E-state index is 0.0610. The van der Waals surface area contributed by atoms with Gasteiger partial charge in [0.15, 0.2) is 0 Å². The van der Waals surface area contributed by atoms with Crippen LogP contribution in [0.15, 0.2) is 60.7 Å². The predicted molar refractivity (Wildman–Crippen MR) is 102 cm³/mol. The molecule has 0 spiro atoms. The first-order valence-corrected chi connectivity index (χ1v) is 9.95. The summed E-state index contributed by atoms with van der Waals surface area (Å²) < 4.78 is 25.6. The van der Waals surface area contributed by atoms with Crippen molar-refractivity contribution in [2.45, 2.75) is 20.0 Å². The highest BCUT2D eigenvalue weighted by atomic mass is 32.2. The molecule has 2 aromatic carbocycles. The molecule has 0 unspecified atom stereocenters. The number of aromatic nitrogens is 3. The second-order valence-electron chi connectivity index (χ2n) is 5.68. The number of hydrogen-bond acceptors (Lipinski definition) is 6. The third kappa shape index (κ3) is 4.40. The minimum atomic E-state index is -3.55. The Morgan fingerprint density at radius 3 is 1.96 bits per heavy atom. The van der Waals surface area contributed by atoms with Gasteiger partial charge in [-0.1, -0.05) is 60.7 Å². The molecule has 3 aromatic rings. The van der Waals surface area contributed by atoms with Crippen LogP contribution in [-0.4, -0.2) is 28.3 Å². The van der Waals surface area contributed by atoms with Gasteiger partial charge in [0.25, 0.3) is 10.0 Å². The van der Waals surface area contributed by atoms with Crippen molar-refractivity contribution in [3.63, 3.8) is 0 Å². The molecule has 3 rings (SSSR count). The second-order valence-corrected chi connectivity index (χ2v) is 7.77. The Morgan fingerprint density at radius 1 is 0.885 bits per heavy atom. The number of rotatable bonds is 8. The van der Waals surface area contributed by atoms with E-state index in [-0.39, 0.29) is 17.6 Å². The summed E-state index contributed by atoms with van der Waals surface area (Å²) in [7, 11) is -3.55. The van der Waals surface area contributed by atoms with E-state index in [0.717, 1.165) is 15.2 Å². The summed E-state index contributed by atoms with van der Waals surface area (Å²) in [5.74, 6) is 0.404. The lowest BCUT2D eigenvalue weighted by Gasteiger charge is -2.07. The molecule has 0 aliphatic heterocycles. The van der Waals surface area contributed by atoms with Gasteiger partial charge in [-0.3, -0.25) is 0 Å². The lowest BCUT2D eigenvalue weighted by atomic mass is 10.2. The minimum Gasteiger partial charge on any atom is -0.349 e. The van der Waals surface area contributed by atoms with Gasteiger partial charge >= 0.3 is 0 Å². The Bertz CT molecular complexity index is 940.